The van der Waals surface area contributed by atoms with Gasteiger partial charge in [0, 0.05) is 19.6 Å². The summed E-state index contributed by atoms with van der Waals surface area (Å²) in [7, 11) is 0. The summed E-state index contributed by atoms with van der Waals surface area (Å²) >= 11 is 0. The Morgan fingerprint density at radius 2 is 1.73 bits per heavy atom. The number of nitrogens with one attached hydrogen (secondary N) is 3. The minimum Gasteiger partial charge on any atom is -0.493 e. The summed E-state index contributed by atoms with van der Waals surface area (Å²) in [5, 5.41) is 8.03. The Morgan fingerprint density at radius 3 is 2.36 bits per heavy atom. The van der Waals surface area contributed by atoms with E-state index >= 15 is 0 Å². The van der Waals surface area contributed by atoms with Crippen LogP contribution in [-0.2, 0) is 4.79 Å². The molecule has 0 aromatic heterocycles. The van der Waals surface area contributed by atoms with Crippen molar-refractivity contribution in [2.24, 2.45) is 0 Å². The van der Waals surface area contributed by atoms with Crippen molar-refractivity contribution < 1.29 is 14.3 Å². The molecule has 0 spiro atoms. The first-order valence-electron chi connectivity index (χ1n) is 7.53. The molecule has 0 saturated carbocycles. The number of ether oxygens (including phenoxy) is 1. The second kappa shape index (κ2) is 10.5. The highest BCUT2D eigenvalue weighted by Crippen LogP contribution is 2.22. The fourth-order valence-corrected chi connectivity index (χ4v) is 1.99. The molecule has 0 aliphatic rings. The lowest BCUT2D eigenvalue weighted by molar-refractivity contribution is -0.109. The molecular weight excluding hydrogens is 282 g/mol. The topological polar surface area (TPSA) is 79.5 Å². The monoisotopic (exact) mass is 307 g/mol. The predicted molar refractivity (Wildman–Crippen MR) is 86.1 cm³/mol. The third-order valence-corrected chi connectivity index (χ3v) is 3.13. The van der Waals surface area contributed by atoms with Gasteiger partial charge in [-0.3, -0.25) is 4.79 Å². The number of aryl methyl sites for hydroxylation is 2. The van der Waals surface area contributed by atoms with Crippen LogP contribution in [0, 0.1) is 13.8 Å². The van der Waals surface area contributed by atoms with Crippen molar-refractivity contribution in [1.82, 2.24) is 16.0 Å². The molecule has 1 rings (SSSR count). The fourth-order valence-electron chi connectivity index (χ4n) is 1.99. The quantitative estimate of drug-likeness (QED) is 0.453. The van der Waals surface area contributed by atoms with E-state index in [1.54, 1.807) is 0 Å². The van der Waals surface area contributed by atoms with Crippen LogP contribution in [0.5, 0.6) is 5.75 Å². The number of carbonyl (C=O) groups excluding carboxylic acids is 2. The first kappa shape index (κ1) is 17.8. The number of amides is 3. The number of carbonyl (C=O) groups is 2. The number of urea groups is 1. The Labute approximate surface area is 131 Å². The minimum atomic E-state index is -0.196. The molecular formula is C16H25N3O3. The molecule has 0 saturated heterocycles. The van der Waals surface area contributed by atoms with Crippen LogP contribution < -0.4 is 20.7 Å². The lowest BCUT2D eigenvalue weighted by Gasteiger charge is -2.12. The predicted octanol–water partition coefficient (Wildman–Crippen LogP) is 1.51. The summed E-state index contributed by atoms with van der Waals surface area (Å²) < 4.78 is 5.76. The number of rotatable bonds is 10. The molecule has 3 N–H and O–H groups in total. The molecule has 0 aliphatic heterocycles. The average Bonchev–Trinajstić information content (AvgIpc) is 2.49. The third-order valence-electron chi connectivity index (χ3n) is 3.13. The molecule has 0 unspecified atom stereocenters. The largest absolute Gasteiger partial charge is 0.493 e. The smallest absolute Gasteiger partial charge is 0.314 e. The third kappa shape index (κ3) is 6.97. The fraction of sp³-hybridized carbons (Fsp3) is 0.500. The number of hydrogen-bond donors (Lipinski definition) is 3. The van der Waals surface area contributed by atoms with E-state index in [4.69, 9.17) is 4.74 Å². The Morgan fingerprint density at radius 1 is 1.09 bits per heavy atom. The van der Waals surface area contributed by atoms with Crippen molar-refractivity contribution in [2.75, 3.05) is 26.2 Å². The Balaban J connectivity index is 2.08. The van der Waals surface area contributed by atoms with Crippen molar-refractivity contribution in [3.05, 3.63) is 29.3 Å². The van der Waals surface area contributed by atoms with Gasteiger partial charge in [-0.25, -0.2) is 4.79 Å². The van der Waals surface area contributed by atoms with E-state index in [1.807, 2.05) is 32.0 Å². The normalized spacial score (nSPS) is 9.91. The highest BCUT2D eigenvalue weighted by molar-refractivity contribution is 5.73. The summed E-state index contributed by atoms with van der Waals surface area (Å²) in [6.07, 6.45) is 2.10. The molecule has 1 aromatic rings. The molecule has 22 heavy (non-hydrogen) atoms. The van der Waals surface area contributed by atoms with E-state index in [2.05, 4.69) is 16.0 Å². The summed E-state index contributed by atoms with van der Waals surface area (Å²) in [5.74, 6) is 0.926. The first-order valence-corrected chi connectivity index (χ1v) is 7.53. The van der Waals surface area contributed by atoms with Crippen molar-refractivity contribution >= 4 is 12.4 Å². The maximum Gasteiger partial charge on any atom is 0.314 e. The van der Waals surface area contributed by atoms with E-state index in [0.717, 1.165) is 23.3 Å². The maximum absolute atomic E-state index is 11.5. The van der Waals surface area contributed by atoms with Crippen LogP contribution in [0.4, 0.5) is 4.79 Å². The van der Waals surface area contributed by atoms with Crippen molar-refractivity contribution in [3.8, 4) is 5.75 Å². The van der Waals surface area contributed by atoms with Gasteiger partial charge < -0.3 is 20.7 Å². The van der Waals surface area contributed by atoms with Crippen LogP contribution in [0.3, 0.4) is 0 Å². The first-order chi connectivity index (χ1) is 10.6. The minimum absolute atomic E-state index is 0.196. The molecule has 1 aromatic carbocycles. The van der Waals surface area contributed by atoms with E-state index < -0.39 is 0 Å². The lowest BCUT2D eigenvalue weighted by atomic mass is 10.1. The van der Waals surface area contributed by atoms with Crippen LogP contribution in [0.25, 0.3) is 0 Å². The zero-order valence-electron chi connectivity index (χ0n) is 13.3. The van der Waals surface area contributed by atoms with Crippen LogP contribution in [0.1, 0.15) is 24.0 Å². The molecule has 6 nitrogen and oxygen atoms in total. The zero-order valence-corrected chi connectivity index (χ0v) is 13.3. The van der Waals surface area contributed by atoms with Crippen LogP contribution in [-0.4, -0.2) is 38.7 Å². The standard InChI is InChI=1S/C16H25N3O3/c1-13-6-3-7-14(2)15(13)22-11-5-10-19-16(21)18-9-4-8-17-12-20/h3,6-7,12H,4-5,8-11H2,1-2H3,(H,17,20)(H2,18,19,21). The van der Waals surface area contributed by atoms with Crippen LogP contribution >= 0.6 is 0 Å². The van der Waals surface area contributed by atoms with Gasteiger partial charge in [0.25, 0.3) is 0 Å². The lowest BCUT2D eigenvalue weighted by Crippen LogP contribution is -2.37. The number of benzene rings is 1. The van der Waals surface area contributed by atoms with Crippen molar-refractivity contribution in [1.29, 1.82) is 0 Å². The molecule has 0 fully saturated rings. The van der Waals surface area contributed by atoms with E-state index in [1.165, 1.54) is 0 Å². The second-order valence-corrected chi connectivity index (χ2v) is 5.03. The Bertz CT molecular complexity index is 457. The maximum atomic E-state index is 11.5. The zero-order chi connectivity index (χ0) is 16.2. The molecule has 0 aliphatic carbocycles. The van der Waals surface area contributed by atoms with Crippen LogP contribution in [0.15, 0.2) is 18.2 Å². The Hall–Kier alpha value is -2.24. The summed E-state index contributed by atoms with van der Waals surface area (Å²) in [6.45, 7) is 6.26. The van der Waals surface area contributed by atoms with Gasteiger partial charge in [-0.2, -0.15) is 0 Å². The van der Waals surface area contributed by atoms with E-state index in [9.17, 15) is 9.59 Å². The van der Waals surface area contributed by atoms with Gasteiger partial charge in [0.2, 0.25) is 6.41 Å². The highest BCUT2D eigenvalue weighted by Gasteiger charge is 2.03. The van der Waals surface area contributed by atoms with Gasteiger partial charge in [0.15, 0.2) is 0 Å². The molecule has 0 atom stereocenters. The van der Waals surface area contributed by atoms with E-state index in [-0.39, 0.29) is 6.03 Å². The molecule has 122 valence electrons. The van der Waals surface area contributed by atoms with Gasteiger partial charge in [-0.1, -0.05) is 18.2 Å². The van der Waals surface area contributed by atoms with Gasteiger partial charge in [-0.15, -0.1) is 0 Å². The van der Waals surface area contributed by atoms with Crippen LogP contribution in [0.2, 0.25) is 0 Å². The highest BCUT2D eigenvalue weighted by atomic mass is 16.5. The average molecular weight is 307 g/mol. The number of hydrogen-bond acceptors (Lipinski definition) is 3. The summed E-state index contributed by atoms with van der Waals surface area (Å²) in [4.78, 5) is 21.5. The molecule has 0 heterocycles. The SMILES string of the molecule is Cc1cccc(C)c1OCCCNC(=O)NCCCNC=O. The Kier molecular flexibility index (Phi) is 8.49. The van der Waals surface area contributed by atoms with Crippen molar-refractivity contribution in [3.63, 3.8) is 0 Å². The van der Waals surface area contributed by atoms with Gasteiger partial charge in [-0.05, 0) is 37.8 Å². The van der Waals surface area contributed by atoms with Gasteiger partial charge in [0.1, 0.15) is 5.75 Å². The molecule has 0 bridgehead atoms. The summed E-state index contributed by atoms with van der Waals surface area (Å²) in [6, 6.07) is 5.85. The second-order valence-electron chi connectivity index (χ2n) is 5.03. The van der Waals surface area contributed by atoms with Crippen molar-refractivity contribution in [2.45, 2.75) is 26.7 Å². The molecule has 3 amide bonds. The molecule has 6 heteroatoms. The number of para-hydroxylation sites is 1. The van der Waals surface area contributed by atoms with Gasteiger partial charge >= 0.3 is 6.03 Å². The van der Waals surface area contributed by atoms with Gasteiger partial charge in [0.05, 0.1) is 6.61 Å². The summed E-state index contributed by atoms with van der Waals surface area (Å²) in [5.41, 5.74) is 2.24. The molecule has 0 radical (unpaired) electrons. The van der Waals surface area contributed by atoms with E-state index in [0.29, 0.717) is 39.1 Å².